The molecular formula is C22H27N2O-. The Morgan fingerprint density at radius 1 is 1.32 bits per heavy atom. The highest BCUT2D eigenvalue weighted by molar-refractivity contribution is 5.68. The number of fused-ring (bicyclic) bond motifs is 4. The Balaban J connectivity index is 1.63. The average Bonchev–Trinajstić information content (AvgIpc) is 2.99. The first-order valence-electron chi connectivity index (χ1n) is 9.49. The molecule has 1 aliphatic carbocycles. The molecule has 2 aromatic rings. The molecule has 25 heavy (non-hydrogen) atoms. The number of rotatable bonds is 3. The summed E-state index contributed by atoms with van der Waals surface area (Å²) in [5, 5.41) is 15.2. The molecule has 2 aliphatic rings. The number of nitrogens with one attached hydrogen (secondary N) is 1. The Morgan fingerprint density at radius 2 is 2.20 bits per heavy atom. The lowest BCUT2D eigenvalue weighted by molar-refractivity contribution is -0.306. The van der Waals surface area contributed by atoms with Crippen LogP contribution in [0.1, 0.15) is 56.2 Å². The Hall–Kier alpha value is -2.16. The second-order valence-electron chi connectivity index (χ2n) is 7.87. The van der Waals surface area contributed by atoms with Gasteiger partial charge in [-0.3, -0.25) is 0 Å². The van der Waals surface area contributed by atoms with Crippen LogP contribution in [0, 0.1) is 12.8 Å². The van der Waals surface area contributed by atoms with Crippen molar-refractivity contribution >= 4 is 5.69 Å². The van der Waals surface area contributed by atoms with Crippen LogP contribution in [0.5, 0.6) is 0 Å². The van der Waals surface area contributed by atoms with Gasteiger partial charge in [-0.25, -0.2) is 0 Å². The SMILES string of the molecule is C=C([O-])CCC1CCCC2(CC1)Nc1cc(C)ccc1-n1cccc12. The largest absolute Gasteiger partial charge is 0.876 e. The zero-order chi connectivity index (χ0) is 17.4. The Labute approximate surface area is 150 Å². The summed E-state index contributed by atoms with van der Waals surface area (Å²) in [6, 6.07) is 11.1. The van der Waals surface area contributed by atoms with Crippen molar-refractivity contribution in [1.82, 2.24) is 4.57 Å². The molecule has 1 spiro atoms. The molecule has 0 amide bonds. The lowest BCUT2D eigenvalue weighted by Crippen LogP contribution is -2.40. The van der Waals surface area contributed by atoms with Crippen LogP contribution >= 0.6 is 0 Å². The third kappa shape index (κ3) is 2.97. The average molecular weight is 335 g/mol. The molecule has 1 N–H and O–H groups in total. The fourth-order valence-corrected chi connectivity index (χ4v) is 4.71. The highest BCUT2D eigenvalue weighted by Crippen LogP contribution is 2.46. The number of hydrogen-bond acceptors (Lipinski definition) is 2. The van der Waals surface area contributed by atoms with E-state index in [0.717, 1.165) is 19.3 Å². The van der Waals surface area contributed by atoms with Crippen LogP contribution in [0.2, 0.25) is 0 Å². The van der Waals surface area contributed by atoms with E-state index in [0.29, 0.717) is 12.3 Å². The van der Waals surface area contributed by atoms with E-state index in [4.69, 9.17) is 0 Å². The molecule has 1 fully saturated rings. The number of aromatic nitrogens is 1. The van der Waals surface area contributed by atoms with Crippen LogP contribution < -0.4 is 10.4 Å². The van der Waals surface area contributed by atoms with Gasteiger partial charge in [0.15, 0.2) is 0 Å². The molecule has 3 nitrogen and oxygen atoms in total. The summed E-state index contributed by atoms with van der Waals surface area (Å²) in [6.45, 7) is 5.68. The van der Waals surface area contributed by atoms with Crippen molar-refractivity contribution in [2.24, 2.45) is 5.92 Å². The van der Waals surface area contributed by atoms with E-state index >= 15 is 0 Å². The van der Waals surface area contributed by atoms with Crippen molar-refractivity contribution in [2.45, 2.75) is 57.4 Å². The Morgan fingerprint density at radius 3 is 3.04 bits per heavy atom. The van der Waals surface area contributed by atoms with Crippen LogP contribution in [-0.2, 0) is 5.54 Å². The second-order valence-corrected chi connectivity index (χ2v) is 7.87. The molecule has 4 rings (SSSR count). The fourth-order valence-electron chi connectivity index (χ4n) is 4.71. The molecule has 2 unspecified atom stereocenters. The first kappa shape index (κ1) is 16.3. The van der Waals surface area contributed by atoms with Gasteiger partial charge in [0.25, 0.3) is 0 Å². The highest BCUT2D eigenvalue weighted by atomic mass is 16.3. The molecule has 132 valence electrons. The van der Waals surface area contributed by atoms with Crippen LogP contribution in [-0.4, -0.2) is 4.57 Å². The standard InChI is InChI=1S/C22H28N2O/c1-16-7-10-20-19(15-16)23-22(21-6-4-14-24(20)21)12-3-5-18(11-13-22)9-8-17(2)25/h4,6-7,10,14-15,18,23,25H,2-3,5,8-9,11-13H2,1H3/p-1. The van der Waals surface area contributed by atoms with Crippen LogP contribution in [0.4, 0.5) is 5.69 Å². The van der Waals surface area contributed by atoms with Crippen LogP contribution in [0.15, 0.2) is 48.9 Å². The van der Waals surface area contributed by atoms with Gasteiger partial charge in [-0.15, -0.1) is 12.3 Å². The van der Waals surface area contributed by atoms with Crippen LogP contribution in [0.25, 0.3) is 5.69 Å². The van der Waals surface area contributed by atoms with Gasteiger partial charge in [0.1, 0.15) is 0 Å². The number of benzene rings is 1. The summed E-state index contributed by atoms with van der Waals surface area (Å²) in [5.41, 5.74) is 5.19. The molecule has 2 heterocycles. The van der Waals surface area contributed by atoms with Crippen molar-refractivity contribution in [3.8, 4) is 5.69 Å². The minimum atomic E-state index is 0.0213. The summed E-state index contributed by atoms with van der Waals surface area (Å²) in [5.74, 6) is 0.724. The number of anilines is 1. The number of allylic oxidation sites excluding steroid dienone is 1. The monoisotopic (exact) mass is 335 g/mol. The number of nitrogens with zero attached hydrogens (tertiary/aromatic N) is 1. The van der Waals surface area contributed by atoms with E-state index in [1.54, 1.807) is 0 Å². The zero-order valence-corrected chi connectivity index (χ0v) is 15.1. The molecule has 1 aliphatic heterocycles. The Bertz CT molecular complexity index is 791. The predicted octanol–water partition coefficient (Wildman–Crippen LogP) is 4.64. The van der Waals surface area contributed by atoms with E-state index in [9.17, 15) is 5.11 Å². The molecule has 1 aromatic heterocycles. The predicted molar refractivity (Wildman–Crippen MR) is 101 cm³/mol. The molecule has 3 heteroatoms. The summed E-state index contributed by atoms with van der Waals surface area (Å²) in [7, 11) is 0. The van der Waals surface area contributed by atoms with Crippen molar-refractivity contribution in [3.63, 3.8) is 0 Å². The van der Waals surface area contributed by atoms with Gasteiger partial charge in [0.05, 0.1) is 16.9 Å². The maximum absolute atomic E-state index is 11.2. The second kappa shape index (κ2) is 6.29. The van der Waals surface area contributed by atoms with Crippen molar-refractivity contribution in [2.75, 3.05) is 5.32 Å². The van der Waals surface area contributed by atoms with Gasteiger partial charge in [-0.05, 0) is 74.8 Å². The fraction of sp³-hybridized carbons (Fsp3) is 0.455. The van der Waals surface area contributed by atoms with Gasteiger partial charge in [0.2, 0.25) is 0 Å². The van der Waals surface area contributed by atoms with Crippen molar-refractivity contribution in [3.05, 3.63) is 60.1 Å². The summed E-state index contributed by atoms with van der Waals surface area (Å²) < 4.78 is 2.37. The van der Waals surface area contributed by atoms with E-state index < -0.39 is 0 Å². The lowest BCUT2D eigenvalue weighted by Gasteiger charge is -2.41. The van der Waals surface area contributed by atoms with E-state index in [-0.39, 0.29) is 11.3 Å². The first-order valence-corrected chi connectivity index (χ1v) is 9.49. The molecule has 1 aromatic carbocycles. The van der Waals surface area contributed by atoms with Gasteiger partial charge in [-0.2, -0.15) is 0 Å². The molecule has 0 radical (unpaired) electrons. The maximum Gasteiger partial charge on any atom is 0.0780 e. The minimum Gasteiger partial charge on any atom is -0.876 e. The molecule has 0 saturated heterocycles. The molecule has 2 atom stereocenters. The normalized spacial score (nSPS) is 24.9. The maximum atomic E-state index is 11.2. The van der Waals surface area contributed by atoms with Crippen molar-refractivity contribution < 1.29 is 5.11 Å². The third-order valence-corrected chi connectivity index (χ3v) is 6.05. The van der Waals surface area contributed by atoms with Gasteiger partial charge in [-0.1, -0.05) is 18.9 Å². The third-order valence-electron chi connectivity index (χ3n) is 6.05. The minimum absolute atomic E-state index is 0.0213. The summed E-state index contributed by atoms with van der Waals surface area (Å²) in [4.78, 5) is 0. The van der Waals surface area contributed by atoms with E-state index in [1.165, 1.54) is 41.9 Å². The topological polar surface area (TPSA) is 40.0 Å². The van der Waals surface area contributed by atoms with E-state index in [1.807, 2.05) is 0 Å². The van der Waals surface area contributed by atoms with E-state index in [2.05, 4.69) is 59.9 Å². The summed E-state index contributed by atoms with van der Waals surface area (Å²) >= 11 is 0. The molecule has 0 bridgehead atoms. The number of hydrogen-bond donors (Lipinski definition) is 1. The first-order chi connectivity index (χ1) is 12.1. The molecular weight excluding hydrogens is 308 g/mol. The number of aryl methyl sites for hydroxylation is 1. The Kier molecular flexibility index (Phi) is 4.10. The quantitative estimate of drug-likeness (QED) is 0.830. The molecule has 1 saturated carbocycles. The van der Waals surface area contributed by atoms with Gasteiger partial charge in [0, 0.05) is 11.9 Å². The van der Waals surface area contributed by atoms with Gasteiger partial charge >= 0.3 is 0 Å². The smallest absolute Gasteiger partial charge is 0.0780 e. The van der Waals surface area contributed by atoms with Crippen LogP contribution in [0.3, 0.4) is 0 Å². The van der Waals surface area contributed by atoms with Crippen molar-refractivity contribution in [1.29, 1.82) is 0 Å². The summed E-state index contributed by atoms with van der Waals surface area (Å²) in [6.07, 6.45) is 9.69. The lowest BCUT2D eigenvalue weighted by atomic mass is 9.83. The zero-order valence-electron chi connectivity index (χ0n) is 15.1. The highest BCUT2D eigenvalue weighted by Gasteiger charge is 2.40. The van der Waals surface area contributed by atoms with Gasteiger partial charge < -0.3 is 15.0 Å².